The number of hydrogen-bond donors (Lipinski definition) is 0. The first kappa shape index (κ1) is 12.3. The van der Waals surface area contributed by atoms with Crippen molar-refractivity contribution in [3.63, 3.8) is 0 Å². The third-order valence-corrected chi connectivity index (χ3v) is 2.99. The SMILES string of the molecule is CC(CN(C)C)n1c(CCl)nc2cnccc21. The van der Waals surface area contributed by atoms with Crippen molar-refractivity contribution in [3.8, 4) is 0 Å². The summed E-state index contributed by atoms with van der Waals surface area (Å²) in [4.78, 5) is 10.8. The molecule has 2 aromatic rings. The number of imidazole rings is 1. The van der Waals surface area contributed by atoms with Crippen molar-refractivity contribution in [2.75, 3.05) is 20.6 Å². The van der Waals surface area contributed by atoms with Gasteiger partial charge in [0.1, 0.15) is 11.3 Å². The molecule has 2 rings (SSSR count). The zero-order valence-corrected chi connectivity index (χ0v) is 11.1. The molecular formula is C12H17ClN4. The fourth-order valence-electron chi connectivity index (χ4n) is 2.20. The van der Waals surface area contributed by atoms with Crippen molar-refractivity contribution in [1.29, 1.82) is 0 Å². The summed E-state index contributed by atoms with van der Waals surface area (Å²) in [7, 11) is 4.13. The van der Waals surface area contributed by atoms with Crippen LogP contribution < -0.4 is 0 Å². The molecule has 5 heteroatoms. The van der Waals surface area contributed by atoms with Crippen LogP contribution in [0.2, 0.25) is 0 Å². The van der Waals surface area contributed by atoms with Gasteiger partial charge in [0, 0.05) is 18.8 Å². The highest BCUT2D eigenvalue weighted by Gasteiger charge is 2.15. The molecule has 0 saturated carbocycles. The summed E-state index contributed by atoms with van der Waals surface area (Å²) >= 11 is 5.97. The van der Waals surface area contributed by atoms with Crippen LogP contribution in [0.25, 0.3) is 11.0 Å². The number of rotatable bonds is 4. The maximum absolute atomic E-state index is 5.97. The zero-order valence-electron chi connectivity index (χ0n) is 10.4. The van der Waals surface area contributed by atoms with Crippen LogP contribution in [0, 0.1) is 0 Å². The summed E-state index contributed by atoms with van der Waals surface area (Å²) in [6, 6.07) is 2.33. The van der Waals surface area contributed by atoms with Gasteiger partial charge in [0.2, 0.25) is 0 Å². The molecule has 17 heavy (non-hydrogen) atoms. The predicted octanol–water partition coefficient (Wildman–Crippen LogP) is 2.29. The fourth-order valence-corrected chi connectivity index (χ4v) is 2.39. The lowest BCUT2D eigenvalue weighted by molar-refractivity contribution is 0.337. The Hall–Kier alpha value is -1.13. The van der Waals surface area contributed by atoms with E-state index in [0.29, 0.717) is 11.9 Å². The third-order valence-electron chi connectivity index (χ3n) is 2.75. The van der Waals surface area contributed by atoms with Gasteiger partial charge in [-0.25, -0.2) is 4.98 Å². The fraction of sp³-hybridized carbons (Fsp3) is 0.500. The van der Waals surface area contributed by atoms with Crippen LogP contribution >= 0.6 is 11.6 Å². The molecule has 0 aliphatic carbocycles. The Morgan fingerprint density at radius 3 is 2.88 bits per heavy atom. The molecule has 0 fully saturated rings. The van der Waals surface area contributed by atoms with E-state index >= 15 is 0 Å². The molecule has 2 aromatic heterocycles. The van der Waals surface area contributed by atoms with E-state index in [1.165, 1.54) is 0 Å². The highest BCUT2D eigenvalue weighted by atomic mass is 35.5. The average Bonchev–Trinajstić information content (AvgIpc) is 2.66. The van der Waals surface area contributed by atoms with Crippen molar-refractivity contribution < 1.29 is 0 Å². The number of fused-ring (bicyclic) bond motifs is 1. The number of hydrogen-bond acceptors (Lipinski definition) is 3. The standard InChI is InChI=1S/C12H17ClN4/c1-9(8-16(2)3)17-11-4-5-14-7-10(11)15-12(17)6-13/h4-5,7,9H,6,8H2,1-3H3. The molecule has 0 N–H and O–H groups in total. The molecule has 0 saturated heterocycles. The van der Waals surface area contributed by atoms with Gasteiger partial charge in [-0.1, -0.05) is 0 Å². The summed E-state index contributed by atoms with van der Waals surface area (Å²) in [5.41, 5.74) is 2.01. The first-order valence-corrected chi connectivity index (χ1v) is 6.18. The lowest BCUT2D eigenvalue weighted by Crippen LogP contribution is -2.23. The lowest BCUT2D eigenvalue weighted by Gasteiger charge is -2.20. The van der Waals surface area contributed by atoms with E-state index in [0.717, 1.165) is 23.4 Å². The van der Waals surface area contributed by atoms with E-state index in [1.54, 1.807) is 12.4 Å². The van der Waals surface area contributed by atoms with Gasteiger partial charge < -0.3 is 9.47 Å². The minimum absolute atomic E-state index is 0.339. The van der Waals surface area contributed by atoms with Crippen LogP contribution in [0.1, 0.15) is 18.8 Å². The predicted molar refractivity (Wildman–Crippen MR) is 70.4 cm³/mol. The summed E-state index contributed by atoms with van der Waals surface area (Å²) in [6.07, 6.45) is 3.57. The molecule has 0 spiro atoms. The Balaban J connectivity index is 2.49. The van der Waals surface area contributed by atoms with Gasteiger partial charge >= 0.3 is 0 Å². The maximum atomic E-state index is 5.97. The molecular weight excluding hydrogens is 236 g/mol. The maximum Gasteiger partial charge on any atom is 0.125 e. The van der Waals surface area contributed by atoms with Crippen LogP contribution in [0.5, 0.6) is 0 Å². The van der Waals surface area contributed by atoms with E-state index in [2.05, 4.69) is 40.5 Å². The number of halogens is 1. The first-order chi connectivity index (χ1) is 8.13. The van der Waals surface area contributed by atoms with Gasteiger partial charge in [-0.15, -0.1) is 11.6 Å². The van der Waals surface area contributed by atoms with E-state index in [9.17, 15) is 0 Å². The van der Waals surface area contributed by atoms with Crippen molar-refractivity contribution in [3.05, 3.63) is 24.3 Å². The van der Waals surface area contributed by atoms with Gasteiger partial charge in [0.05, 0.1) is 17.6 Å². The van der Waals surface area contributed by atoms with Gasteiger partial charge in [-0.05, 0) is 27.1 Å². The summed E-state index contributed by atoms with van der Waals surface area (Å²) in [6.45, 7) is 3.13. The number of aromatic nitrogens is 3. The molecule has 2 heterocycles. The lowest BCUT2D eigenvalue weighted by atomic mass is 10.3. The van der Waals surface area contributed by atoms with Crippen LogP contribution in [0.15, 0.2) is 18.5 Å². The molecule has 0 amide bonds. The Morgan fingerprint density at radius 2 is 2.24 bits per heavy atom. The largest absolute Gasteiger partial charge is 0.323 e. The molecule has 0 aliphatic rings. The highest BCUT2D eigenvalue weighted by molar-refractivity contribution is 6.16. The first-order valence-electron chi connectivity index (χ1n) is 5.65. The average molecular weight is 253 g/mol. The molecule has 92 valence electrons. The van der Waals surface area contributed by atoms with Crippen molar-refractivity contribution in [2.24, 2.45) is 0 Å². The van der Waals surface area contributed by atoms with Gasteiger partial charge in [0.15, 0.2) is 0 Å². The van der Waals surface area contributed by atoms with E-state index in [4.69, 9.17) is 11.6 Å². The minimum atomic E-state index is 0.339. The number of likely N-dealkylation sites (N-methyl/N-ethyl adjacent to an activating group) is 1. The quantitative estimate of drug-likeness (QED) is 0.783. The Kier molecular flexibility index (Phi) is 3.64. The second-order valence-corrected chi connectivity index (χ2v) is 4.77. The monoisotopic (exact) mass is 252 g/mol. The molecule has 0 aliphatic heterocycles. The Labute approximate surface area is 106 Å². The van der Waals surface area contributed by atoms with Crippen molar-refractivity contribution in [1.82, 2.24) is 19.4 Å². The van der Waals surface area contributed by atoms with Gasteiger partial charge in [-0.2, -0.15) is 0 Å². The van der Waals surface area contributed by atoms with Gasteiger partial charge in [0.25, 0.3) is 0 Å². The van der Waals surface area contributed by atoms with Crippen LogP contribution in [0.3, 0.4) is 0 Å². The molecule has 4 nitrogen and oxygen atoms in total. The zero-order chi connectivity index (χ0) is 12.4. The summed E-state index contributed by atoms with van der Waals surface area (Å²) in [5, 5.41) is 0. The van der Waals surface area contributed by atoms with Gasteiger partial charge in [-0.3, -0.25) is 4.98 Å². The molecule has 1 unspecified atom stereocenters. The third kappa shape index (κ3) is 2.42. The topological polar surface area (TPSA) is 34.0 Å². The molecule has 0 bridgehead atoms. The second kappa shape index (κ2) is 5.02. The van der Waals surface area contributed by atoms with E-state index in [-0.39, 0.29) is 0 Å². The van der Waals surface area contributed by atoms with Crippen molar-refractivity contribution >= 4 is 22.6 Å². The van der Waals surface area contributed by atoms with Crippen LogP contribution in [0.4, 0.5) is 0 Å². The van der Waals surface area contributed by atoms with Crippen LogP contribution in [-0.4, -0.2) is 40.1 Å². The molecule has 0 radical (unpaired) electrons. The second-order valence-electron chi connectivity index (χ2n) is 4.51. The van der Waals surface area contributed by atoms with Crippen LogP contribution in [-0.2, 0) is 5.88 Å². The smallest absolute Gasteiger partial charge is 0.125 e. The summed E-state index contributed by atoms with van der Waals surface area (Å²) in [5.74, 6) is 1.33. The summed E-state index contributed by atoms with van der Waals surface area (Å²) < 4.78 is 2.20. The number of pyridine rings is 1. The van der Waals surface area contributed by atoms with E-state index < -0.39 is 0 Å². The van der Waals surface area contributed by atoms with E-state index in [1.807, 2.05) is 6.07 Å². The molecule has 1 atom stereocenters. The molecule has 0 aromatic carbocycles. The number of alkyl halides is 1. The number of nitrogens with zero attached hydrogens (tertiary/aromatic N) is 4. The van der Waals surface area contributed by atoms with Crippen molar-refractivity contribution in [2.45, 2.75) is 18.8 Å². The Bertz CT molecular complexity index is 506. The minimum Gasteiger partial charge on any atom is -0.323 e. The Morgan fingerprint density at radius 1 is 1.47 bits per heavy atom. The highest BCUT2D eigenvalue weighted by Crippen LogP contribution is 2.21. The normalized spacial score (nSPS) is 13.5.